The lowest BCUT2D eigenvalue weighted by molar-refractivity contribution is -0.113. The molecule has 3 rings (SSSR count). The normalized spacial score (nSPS) is 18.6. The molecule has 0 unspecified atom stereocenters. The van der Waals surface area contributed by atoms with Gasteiger partial charge in [-0.05, 0) is 24.1 Å². The van der Waals surface area contributed by atoms with Crippen LogP contribution in [0.5, 0.6) is 0 Å². The van der Waals surface area contributed by atoms with E-state index >= 15 is 0 Å². The highest BCUT2D eigenvalue weighted by atomic mass is 19.1. The minimum atomic E-state index is -0.960. The number of hydrogen-bond acceptors (Lipinski definition) is 3. The molecule has 2 aliphatic rings. The van der Waals surface area contributed by atoms with E-state index in [9.17, 15) is 9.18 Å². The number of carbonyl (C=O) groups is 1. The Balaban J connectivity index is 1.63. The van der Waals surface area contributed by atoms with Crippen LogP contribution in [0.15, 0.2) is 29.4 Å². The summed E-state index contributed by atoms with van der Waals surface area (Å²) in [7, 11) is 0. The van der Waals surface area contributed by atoms with Crippen LogP contribution < -0.4 is 0 Å². The minimum Gasteiger partial charge on any atom is -0.465 e. The molecule has 5 nitrogen and oxygen atoms in total. The van der Waals surface area contributed by atoms with E-state index in [0.717, 1.165) is 0 Å². The van der Waals surface area contributed by atoms with Crippen molar-refractivity contribution in [3.05, 3.63) is 35.6 Å². The maximum atomic E-state index is 13.0. The molecule has 1 spiro atoms. The van der Waals surface area contributed by atoms with Gasteiger partial charge in [0.1, 0.15) is 11.5 Å². The van der Waals surface area contributed by atoms with Crippen molar-refractivity contribution >= 4 is 11.8 Å². The van der Waals surface area contributed by atoms with Crippen LogP contribution in [0.2, 0.25) is 0 Å². The van der Waals surface area contributed by atoms with Crippen LogP contribution in [0.4, 0.5) is 9.18 Å². The highest BCUT2D eigenvalue weighted by Crippen LogP contribution is 2.33. The first-order valence-corrected chi connectivity index (χ1v) is 6.07. The quantitative estimate of drug-likeness (QED) is 0.732. The number of hydrogen-bond donors (Lipinski definition) is 1. The molecule has 1 amide bonds. The van der Waals surface area contributed by atoms with Crippen LogP contribution in [0.3, 0.4) is 0 Å². The van der Waals surface area contributed by atoms with Gasteiger partial charge in [0.25, 0.3) is 0 Å². The van der Waals surface area contributed by atoms with Crippen molar-refractivity contribution in [3.63, 3.8) is 0 Å². The Hall–Kier alpha value is -2.55. The van der Waals surface area contributed by atoms with Gasteiger partial charge in [-0.3, -0.25) is 4.90 Å². The molecule has 0 aromatic heterocycles. The predicted octanol–water partition coefficient (Wildman–Crippen LogP) is 1.69. The molecule has 2 aliphatic heterocycles. The van der Waals surface area contributed by atoms with Crippen molar-refractivity contribution in [2.75, 3.05) is 13.1 Å². The fourth-order valence-corrected chi connectivity index (χ4v) is 2.25. The lowest BCUT2D eigenvalue weighted by Gasteiger charge is -2.43. The summed E-state index contributed by atoms with van der Waals surface area (Å²) in [6.07, 6.45) is -0.474. The molecule has 1 fully saturated rings. The lowest BCUT2D eigenvalue weighted by Crippen LogP contribution is -2.63. The van der Waals surface area contributed by atoms with E-state index in [2.05, 4.69) is 17.0 Å². The first-order valence-electron chi connectivity index (χ1n) is 6.07. The number of amides is 1. The first kappa shape index (κ1) is 12.5. The van der Waals surface area contributed by atoms with E-state index < -0.39 is 11.7 Å². The second-order valence-corrected chi connectivity index (χ2v) is 4.89. The van der Waals surface area contributed by atoms with Crippen molar-refractivity contribution in [2.45, 2.75) is 12.0 Å². The van der Waals surface area contributed by atoms with Crippen molar-refractivity contribution < 1.29 is 19.1 Å². The Morgan fingerprint density at radius 3 is 2.95 bits per heavy atom. The monoisotopic (exact) mass is 274 g/mol. The summed E-state index contributed by atoms with van der Waals surface area (Å²) >= 11 is 0. The molecule has 1 saturated heterocycles. The maximum absolute atomic E-state index is 13.0. The summed E-state index contributed by atoms with van der Waals surface area (Å²) in [5, 5.41) is 12.7. The summed E-state index contributed by atoms with van der Waals surface area (Å²) in [6, 6.07) is 5.99. The third-order valence-corrected chi connectivity index (χ3v) is 3.24. The standard InChI is InChI=1S/C14H11FN2O3/c15-11-3-1-2-10(6-11)4-5-12-7-14(20-16-12)8-17(9-14)13(18)19/h1-3,6H,7-9H2,(H,18,19). The molecule has 0 saturated carbocycles. The second kappa shape index (κ2) is 4.53. The Bertz CT molecular complexity index is 654. The molecule has 102 valence electrons. The van der Waals surface area contributed by atoms with Gasteiger partial charge in [0.2, 0.25) is 0 Å². The number of likely N-dealkylation sites (tertiary alicyclic amines) is 1. The zero-order valence-corrected chi connectivity index (χ0v) is 10.5. The summed E-state index contributed by atoms with van der Waals surface area (Å²) in [5.41, 5.74) is 0.568. The van der Waals surface area contributed by atoms with Crippen molar-refractivity contribution in [2.24, 2.45) is 5.16 Å². The number of nitrogens with zero attached hydrogens (tertiary/aromatic N) is 2. The van der Waals surface area contributed by atoms with Gasteiger partial charge in [-0.2, -0.15) is 0 Å². The molecular formula is C14H11FN2O3. The van der Waals surface area contributed by atoms with Crippen molar-refractivity contribution in [1.82, 2.24) is 4.90 Å². The lowest BCUT2D eigenvalue weighted by atomic mass is 9.89. The SMILES string of the molecule is O=C(O)N1CC2(CC(C#Cc3cccc(F)c3)=NO2)C1. The van der Waals surface area contributed by atoms with Gasteiger partial charge >= 0.3 is 6.09 Å². The van der Waals surface area contributed by atoms with Gasteiger partial charge < -0.3 is 9.94 Å². The Labute approximate surface area is 114 Å². The molecule has 1 aromatic rings. The Morgan fingerprint density at radius 2 is 2.25 bits per heavy atom. The highest BCUT2D eigenvalue weighted by Gasteiger charge is 2.51. The van der Waals surface area contributed by atoms with Crippen LogP contribution in [0.25, 0.3) is 0 Å². The average molecular weight is 274 g/mol. The summed E-state index contributed by atoms with van der Waals surface area (Å²) < 4.78 is 13.0. The van der Waals surface area contributed by atoms with E-state index in [1.165, 1.54) is 17.0 Å². The molecule has 0 radical (unpaired) electrons. The van der Waals surface area contributed by atoms with E-state index in [1.54, 1.807) is 12.1 Å². The average Bonchev–Trinajstić information content (AvgIpc) is 2.79. The molecule has 0 bridgehead atoms. The fourth-order valence-electron chi connectivity index (χ4n) is 2.25. The fraction of sp³-hybridized carbons (Fsp3) is 0.286. The van der Waals surface area contributed by atoms with Crippen molar-refractivity contribution in [3.8, 4) is 11.8 Å². The molecule has 0 aliphatic carbocycles. The van der Waals surface area contributed by atoms with E-state index in [0.29, 0.717) is 30.8 Å². The molecule has 20 heavy (non-hydrogen) atoms. The molecule has 2 heterocycles. The highest BCUT2D eigenvalue weighted by molar-refractivity contribution is 6.02. The van der Waals surface area contributed by atoms with Gasteiger partial charge in [0.05, 0.1) is 13.1 Å². The zero-order valence-electron chi connectivity index (χ0n) is 10.5. The second-order valence-electron chi connectivity index (χ2n) is 4.89. The molecular weight excluding hydrogens is 263 g/mol. The molecule has 1 aromatic carbocycles. The van der Waals surface area contributed by atoms with E-state index in [-0.39, 0.29) is 5.82 Å². The third kappa shape index (κ3) is 2.30. The van der Waals surface area contributed by atoms with Gasteiger partial charge in [-0.1, -0.05) is 17.1 Å². The number of benzene rings is 1. The largest absolute Gasteiger partial charge is 0.465 e. The summed E-state index contributed by atoms with van der Waals surface area (Å²) in [5.74, 6) is 5.31. The van der Waals surface area contributed by atoms with E-state index in [1.807, 2.05) is 0 Å². The van der Waals surface area contributed by atoms with Gasteiger partial charge in [-0.25, -0.2) is 9.18 Å². The van der Waals surface area contributed by atoms with Crippen molar-refractivity contribution in [1.29, 1.82) is 0 Å². The van der Waals surface area contributed by atoms with Crippen LogP contribution in [0, 0.1) is 17.7 Å². The first-order chi connectivity index (χ1) is 9.56. The molecule has 0 atom stereocenters. The number of rotatable bonds is 0. The number of halogens is 1. The number of carboxylic acid groups (broad SMARTS) is 1. The van der Waals surface area contributed by atoms with Crippen LogP contribution in [-0.2, 0) is 4.84 Å². The molecule has 1 N–H and O–H groups in total. The molecule has 6 heteroatoms. The Kier molecular flexibility index (Phi) is 2.83. The Morgan fingerprint density at radius 1 is 1.45 bits per heavy atom. The van der Waals surface area contributed by atoms with E-state index in [4.69, 9.17) is 9.94 Å². The van der Waals surface area contributed by atoms with Crippen LogP contribution in [-0.4, -0.2) is 40.5 Å². The van der Waals surface area contributed by atoms with Crippen LogP contribution >= 0.6 is 0 Å². The van der Waals surface area contributed by atoms with Gasteiger partial charge in [0, 0.05) is 12.0 Å². The summed E-state index contributed by atoms with van der Waals surface area (Å²) in [4.78, 5) is 17.3. The predicted molar refractivity (Wildman–Crippen MR) is 68.7 cm³/mol. The maximum Gasteiger partial charge on any atom is 0.407 e. The smallest absolute Gasteiger partial charge is 0.407 e. The van der Waals surface area contributed by atoms with Gasteiger partial charge in [-0.15, -0.1) is 0 Å². The third-order valence-electron chi connectivity index (χ3n) is 3.24. The topological polar surface area (TPSA) is 62.1 Å². The zero-order chi connectivity index (χ0) is 14.2. The van der Waals surface area contributed by atoms with Crippen LogP contribution in [0.1, 0.15) is 12.0 Å². The summed E-state index contributed by atoms with van der Waals surface area (Å²) in [6.45, 7) is 0.605. The minimum absolute atomic E-state index is 0.303. The van der Waals surface area contributed by atoms with Gasteiger partial charge in [0.15, 0.2) is 5.60 Å². The number of oxime groups is 1.